The van der Waals surface area contributed by atoms with Gasteiger partial charge in [0.05, 0.1) is 4.92 Å². The van der Waals surface area contributed by atoms with Gasteiger partial charge < -0.3 is 4.90 Å². The molecule has 98 valence electrons. The third kappa shape index (κ3) is 2.66. The Morgan fingerprint density at radius 3 is 2.58 bits per heavy atom. The van der Waals surface area contributed by atoms with Crippen LogP contribution in [0.25, 0.3) is 0 Å². The van der Waals surface area contributed by atoms with Gasteiger partial charge in [-0.15, -0.1) is 0 Å². The van der Waals surface area contributed by atoms with Gasteiger partial charge in [-0.25, -0.2) is 4.98 Å². The minimum atomic E-state index is -0.465. The summed E-state index contributed by atoms with van der Waals surface area (Å²) in [7, 11) is 1.73. The number of hydrogen-bond acceptors (Lipinski definition) is 4. The van der Waals surface area contributed by atoms with Gasteiger partial charge in [0.15, 0.2) is 0 Å². The molecule has 6 heteroatoms. The highest BCUT2D eigenvalue weighted by molar-refractivity contribution is 6.29. The predicted molar refractivity (Wildman–Crippen MR) is 75.1 cm³/mol. The molecule has 19 heavy (non-hydrogen) atoms. The second-order valence-electron chi connectivity index (χ2n) is 4.08. The van der Waals surface area contributed by atoms with Crippen molar-refractivity contribution < 1.29 is 4.92 Å². The van der Waals surface area contributed by atoms with Gasteiger partial charge >= 0.3 is 5.69 Å². The van der Waals surface area contributed by atoms with Crippen LogP contribution in [0.15, 0.2) is 36.4 Å². The van der Waals surface area contributed by atoms with Crippen LogP contribution in [-0.4, -0.2) is 17.0 Å². The molecule has 2 rings (SSSR count). The number of aryl methyl sites for hydroxylation is 1. The minimum absolute atomic E-state index is 0.0739. The lowest BCUT2D eigenvalue weighted by molar-refractivity contribution is -0.384. The molecular weight excluding hydrogens is 266 g/mol. The molecule has 0 atom stereocenters. The average Bonchev–Trinajstić information content (AvgIpc) is 2.38. The fraction of sp³-hybridized carbons (Fsp3) is 0.154. The van der Waals surface area contributed by atoms with E-state index in [4.69, 9.17) is 11.6 Å². The molecule has 0 saturated carbocycles. The van der Waals surface area contributed by atoms with Gasteiger partial charge in [-0.2, -0.15) is 0 Å². The molecule has 5 nitrogen and oxygen atoms in total. The fourth-order valence-electron chi connectivity index (χ4n) is 1.86. The second kappa shape index (κ2) is 5.24. The Kier molecular flexibility index (Phi) is 3.66. The average molecular weight is 278 g/mol. The molecule has 0 N–H and O–H groups in total. The van der Waals surface area contributed by atoms with Crippen LogP contribution in [0.3, 0.4) is 0 Å². The van der Waals surface area contributed by atoms with Gasteiger partial charge in [0.2, 0.25) is 5.82 Å². The first-order valence-corrected chi connectivity index (χ1v) is 5.99. The molecule has 0 fully saturated rings. The van der Waals surface area contributed by atoms with Gasteiger partial charge in [0.1, 0.15) is 5.15 Å². The summed E-state index contributed by atoms with van der Waals surface area (Å²) in [4.78, 5) is 16.3. The zero-order chi connectivity index (χ0) is 14.0. The van der Waals surface area contributed by atoms with E-state index in [2.05, 4.69) is 4.98 Å². The zero-order valence-electron chi connectivity index (χ0n) is 10.5. The van der Waals surface area contributed by atoms with Crippen molar-refractivity contribution in [2.24, 2.45) is 0 Å². The number of pyridine rings is 1. The van der Waals surface area contributed by atoms with Gasteiger partial charge in [0.25, 0.3) is 0 Å². The van der Waals surface area contributed by atoms with Crippen molar-refractivity contribution in [1.82, 2.24) is 4.98 Å². The quantitative estimate of drug-likeness (QED) is 0.487. The number of hydrogen-bond donors (Lipinski definition) is 0. The molecule has 0 spiro atoms. The van der Waals surface area contributed by atoms with E-state index in [0.29, 0.717) is 0 Å². The summed E-state index contributed by atoms with van der Waals surface area (Å²) in [5.74, 6) is 0.229. The molecule has 0 aliphatic heterocycles. The topological polar surface area (TPSA) is 59.3 Å². The lowest BCUT2D eigenvalue weighted by Gasteiger charge is -2.20. The fourth-order valence-corrected chi connectivity index (χ4v) is 2.00. The molecule has 0 unspecified atom stereocenters. The van der Waals surface area contributed by atoms with E-state index in [1.807, 2.05) is 31.2 Å². The summed E-state index contributed by atoms with van der Waals surface area (Å²) < 4.78 is 0. The van der Waals surface area contributed by atoms with Crippen LogP contribution in [0.1, 0.15) is 5.56 Å². The van der Waals surface area contributed by atoms with Crippen LogP contribution >= 0.6 is 11.6 Å². The van der Waals surface area contributed by atoms with E-state index in [9.17, 15) is 10.1 Å². The van der Waals surface area contributed by atoms with Gasteiger partial charge in [-0.05, 0) is 24.6 Å². The summed E-state index contributed by atoms with van der Waals surface area (Å²) >= 11 is 5.83. The normalized spacial score (nSPS) is 10.3. The molecule has 0 amide bonds. The lowest BCUT2D eigenvalue weighted by Crippen LogP contribution is -2.14. The third-order valence-electron chi connectivity index (χ3n) is 2.81. The molecule has 1 aromatic carbocycles. The van der Waals surface area contributed by atoms with Crippen LogP contribution in [0, 0.1) is 17.0 Å². The van der Waals surface area contributed by atoms with Crippen molar-refractivity contribution in [3.63, 3.8) is 0 Å². The number of rotatable bonds is 3. The highest BCUT2D eigenvalue weighted by Crippen LogP contribution is 2.32. The molecule has 0 saturated heterocycles. The maximum absolute atomic E-state index is 11.0. The molecule has 0 radical (unpaired) electrons. The Bertz CT molecular complexity index is 631. The number of para-hydroxylation sites is 1. The van der Waals surface area contributed by atoms with Gasteiger partial charge in [-0.1, -0.05) is 29.8 Å². The summed E-state index contributed by atoms with van der Waals surface area (Å²) in [6, 6.07) is 10.4. The van der Waals surface area contributed by atoms with Crippen molar-refractivity contribution in [3.05, 3.63) is 57.2 Å². The molecule has 1 heterocycles. The first-order chi connectivity index (χ1) is 9.00. The Morgan fingerprint density at radius 2 is 1.95 bits per heavy atom. The maximum Gasteiger partial charge on any atom is 0.312 e. The van der Waals surface area contributed by atoms with Crippen molar-refractivity contribution in [2.75, 3.05) is 11.9 Å². The van der Waals surface area contributed by atoms with E-state index in [0.717, 1.165) is 11.3 Å². The Hall–Kier alpha value is -2.14. The maximum atomic E-state index is 11.0. The standard InChI is InChI=1S/C13H12ClN3O2/c1-9-5-3-4-6-10(9)16(2)13-11(17(18)19)7-8-12(14)15-13/h3-8H,1-2H3. The minimum Gasteiger partial charge on any atom is -0.323 e. The first-order valence-electron chi connectivity index (χ1n) is 5.61. The lowest BCUT2D eigenvalue weighted by atomic mass is 10.2. The summed E-state index contributed by atoms with van der Waals surface area (Å²) in [5.41, 5.74) is 1.77. The molecule has 2 aromatic rings. The third-order valence-corrected chi connectivity index (χ3v) is 3.02. The molecule has 0 aliphatic carbocycles. The Balaban J connectivity index is 2.55. The number of aromatic nitrogens is 1. The molecule has 0 bridgehead atoms. The highest BCUT2D eigenvalue weighted by atomic mass is 35.5. The number of benzene rings is 1. The SMILES string of the molecule is Cc1ccccc1N(C)c1nc(Cl)ccc1[N+](=O)[O-]. The Morgan fingerprint density at radius 1 is 1.26 bits per heavy atom. The van der Waals surface area contributed by atoms with Crippen LogP contribution in [0.5, 0.6) is 0 Å². The predicted octanol–water partition coefficient (Wildman–Crippen LogP) is 3.72. The van der Waals surface area contributed by atoms with E-state index in [1.54, 1.807) is 11.9 Å². The van der Waals surface area contributed by atoms with Crippen LogP contribution in [0.2, 0.25) is 5.15 Å². The largest absolute Gasteiger partial charge is 0.323 e. The van der Waals surface area contributed by atoms with E-state index in [-0.39, 0.29) is 16.7 Å². The van der Waals surface area contributed by atoms with Crippen LogP contribution < -0.4 is 4.90 Å². The number of halogens is 1. The van der Waals surface area contributed by atoms with Gasteiger partial charge in [0, 0.05) is 18.8 Å². The van der Waals surface area contributed by atoms with Crippen molar-refractivity contribution in [1.29, 1.82) is 0 Å². The van der Waals surface area contributed by atoms with Crippen LogP contribution in [0.4, 0.5) is 17.2 Å². The first kappa shape index (κ1) is 13.3. The number of nitro groups is 1. The van der Waals surface area contributed by atoms with Crippen LogP contribution in [-0.2, 0) is 0 Å². The van der Waals surface area contributed by atoms with Gasteiger partial charge in [-0.3, -0.25) is 10.1 Å². The summed E-state index contributed by atoms with van der Waals surface area (Å²) in [6.45, 7) is 1.93. The van der Waals surface area contributed by atoms with Crippen molar-refractivity contribution in [3.8, 4) is 0 Å². The number of anilines is 2. The van der Waals surface area contributed by atoms with E-state index >= 15 is 0 Å². The molecule has 1 aromatic heterocycles. The smallest absolute Gasteiger partial charge is 0.312 e. The highest BCUT2D eigenvalue weighted by Gasteiger charge is 2.21. The van der Waals surface area contributed by atoms with E-state index in [1.165, 1.54) is 12.1 Å². The molecule has 0 aliphatic rings. The monoisotopic (exact) mass is 277 g/mol. The molecular formula is C13H12ClN3O2. The summed E-state index contributed by atoms with van der Waals surface area (Å²) in [5, 5.41) is 11.3. The van der Waals surface area contributed by atoms with Crippen molar-refractivity contribution in [2.45, 2.75) is 6.92 Å². The van der Waals surface area contributed by atoms with Crippen molar-refractivity contribution >= 4 is 28.8 Å². The van der Waals surface area contributed by atoms with E-state index < -0.39 is 4.92 Å². The number of nitrogens with zero attached hydrogens (tertiary/aromatic N) is 3. The second-order valence-corrected chi connectivity index (χ2v) is 4.47. The Labute approximate surface area is 115 Å². The zero-order valence-corrected chi connectivity index (χ0v) is 11.3. The summed E-state index contributed by atoms with van der Waals surface area (Å²) in [6.07, 6.45) is 0.